The molecule has 1 saturated heterocycles. The van der Waals surface area contributed by atoms with Gasteiger partial charge in [0.15, 0.2) is 0 Å². The summed E-state index contributed by atoms with van der Waals surface area (Å²) >= 11 is 0. The molecule has 1 N–H and O–H groups in total. The summed E-state index contributed by atoms with van der Waals surface area (Å²) in [5, 5.41) is 2.99. The Morgan fingerprint density at radius 1 is 1.35 bits per heavy atom. The van der Waals surface area contributed by atoms with Gasteiger partial charge in [0.05, 0.1) is 31.9 Å². The summed E-state index contributed by atoms with van der Waals surface area (Å²) < 4.78 is 36.2. The van der Waals surface area contributed by atoms with Crippen LogP contribution in [-0.2, 0) is 14.8 Å². The summed E-state index contributed by atoms with van der Waals surface area (Å²) in [6, 6.07) is 5.14. The van der Waals surface area contributed by atoms with Gasteiger partial charge in [0.2, 0.25) is 15.9 Å². The van der Waals surface area contributed by atoms with Crippen LogP contribution in [0, 0.1) is 5.92 Å². The highest BCUT2D eigenvalue weighted by atomic mass is 32.2. The largest absolute Gasteiger partial charge is 0.497 e. The molecule has 1 aromatic carbocycles. The van der Waals surface area contributed by atoms with Crippen LogP contribution in [0.15, 0.2) is 18.2 Å². The smallest absolute Gasteiger partial charge is 0.224 e. The fraction of sp³-hybridized carbons (Fsp3) is 0.611. The van der Waals surface area contributed by atoms with E-state index in [0.717, 1.165) is 5.56 Å². The summed E-state index contributed by atoms with van der Waals surface area (Å²) in [5.74, 6) is 0.915. The van der Waals surface area contributed by atoms with E-state index in [4.69, 9.17) is 9.47 Å². The third-order valence-corrected chi connectivity index (χ3v) is 6.62. The van der Waals surface area contributed by atoms with E-state index in [9.17, 15) is 13.2 Å². The molecule has 1 aliphatic heterocycles. The molecule has 26 heavy (non-hydrogen) atoms. The van der Waals surface area contributed by atoms with Crippen LogP contribution in [0.3, 0.4) is 0 Å². The number of benzene rings is 1. The Kier molecular flexibility index (Phi) is 6.88. The number of amides is 1. The maximum absolute atomic E-state index is 12.7. The minimum atomic E-state index is -3.27. The number of methoxy groups -OCH3 is 2. The molecule has 1 aliphatic rings. The van der Waals surface area contributed by atoms with Crippen molar-refractivity contribution in [2.45, 2.75) is 32.7 Å². The van der Waals surface area contributed by atoms with Crippen molar-refractivity contribution in [1.82, 2.24) is 9.62 Å². The van der Waals surface area contributed by atoms with Gasteiger partial charge < -0.3 is 14.8 Å². The highest BCUT2D eigenvalue weighted by Crippen LogP contribution is 2.30. The maximum Gasteiger partial charge on any atom is 0.224 e. The van der Waals surface area contributed by atoms with Crippen LogP contribution in [-0.4, -0.2) is 51.7 Å². The fourth-order valence-electron chi connectivity index (χ4n) is 3.18. The van der Waals surface area contributed by atoms with Crippen LogP contribution >= 0.6 is 0 Å². The Labute approximate surface area is 155 Å². The van der Waals surface area contributed by atoms with E-state index in [-0.39, 0.29) is 30.2 Å². The first-order valence-corrected chi connectivity index (χ1v) is 10.4. The van der Waals surface area contributed by atoms with Crippen molar-refractivity contribution in [2.75, 3.05) is 33.1 Å². The number of piperidine rings is 1. The van der Waals surface area contributed by atoms with Crippen LogP contribution in [0.25, 0.3) is 0 Å². The average molecular weight is 384 g/mol. The van der Waals surface area contributed by atoms with E-state index in [1.807, 2.05) is 13.0 Å². The number of hydrogen-bond acceptors (Lipinski definition) is 5. The molecule has 0 radical (unpaired) electrons. The molecule has 0 bridgehead atoms. The molecular formula is C18H28N2O5S. The molecule has 0 saturated carbocycles. The maximum atomic E-state index is 12.7. The SMILES string of the molecule is CCS(=O)(=O)N1CCC[C@@H](C(=O)N[C@H](C)c2cc(OC)ccc2OC)C1. The van der Waals surface area contributed by atoms with Gasteiger partial charge in [0, 0.05) is 18.7 Å². The second kappa shape index (κ2) is 8.73. The molecule has 0 unspecified atom stereocenters. The van der Waals surface area contributed by atoms with Gasteiger partial charge in [-0.1, -0.05) is 0 Å². The third-order valence-electron chi connectivity index (χ3n) is 4.78. The molecular weight excluding hydrogens is 356 g/mol. The zero-order chi connectivity index (χ0) is 19.3. The second-order valence-electron chi connectivity index (χ2n) is 6.44. The van der Waals surface area contributed by atoms with Crippen molar-refractivity contribution in [2.24, 2.45) is 5.92 Å². The van der Waals surface area contributed by atoms with Gasteiger partial charge in [-0.3, -0.25) is 4.79 Å². The van der Waals surface area contributed by atoms with Crippen molar-refractivity contribution in [1.29, 1.82) is 0 Å². The van der Waals surface area contributed by atoms with Gasteiger partial charge in [-0.2, -0.15) is 0 Å². The monoisotopic (exact) mass is 384 g/mol. The molecule has 0 spiro atoms. The lowest BCUT2D eigenvalue weighted by Gasteiger charge is -2.31. The highest BCUT2D eigenvalue weighted by Gasteiger charge is 2.32. The molecule has 2 atom stereocenters. The first-order valence-electron chi connectivity index (χ1n) is 8.82. The third kappa shape index (κ3) is 4.67. The zero-order valence-corrected chi connectivity index (χ0v) is 16.6. The normalized spacial score (nSPS) is 19.6. The zero-order valence-electron chi connectivity index (χ0n) is 15.8. The average Bonchev–Trinajstić information content (AvgIpc) is 2.67. The van der Waals surface area contributed by atoms with Crippen molar-refractivity contribution in [3.05, 3.63) is 23.8 Å². The van der Waals surface area contributed by atoms with Crippen molar-refractivity contribution >= 4 is 15.9 Å². The molecule has 146 valence electrons. The fourth-order valence-corrected chi connectivity index (χ4v) is 4.36. The first-order chi connectivity index (χ1) is 12.3. The number of hydrogen-bond donors (Lipinski definition) is 1. The number of nitrogens with zero attached hydrogens (tertiary/aromatic N) is 1. The molecule has 8 heteroatoms. The molecule has 7 nitrogen and oxygen atoms in total. The molecule has 1 amide bonds. The Morgan fingerprint density at radius 3 is 2.69 bits per heavy atom. The second-order valence-corrected chi connectivity index (χ2v) is 8.69. The summed E-state index contributed by atoms with van der Waals surface area (Å²) in [6.45, 7) is 4.22. The van der Waals surface area contributed by atoms with E-state index in [1.165, 1.54) is 4.31 Å². The summed E-state index contributed by atoms with van der Waals surface area (Å²) in [5.41, 5.74) is 0.814. The number of ether oxygens (including phenoxy) is 2. The van der Waals surface area contributed by atoms with Crippen molar-refractivity contribution in [3.63, 3.8) is 0 Å². The van der Waals surface area contributed by atoms with E-state index in [2.05, 4.69) is 5.32 Å². The molecule has 1 heterocycles. The lowest BCUT2D eigenvalue weighted by molar-refractivity contribution is -0.126. The van der Waals surface area contributed by atoms with Crippen LogP contribution in [0.5, 0.6) is 11.5 Å². The lowest BCUT2D eigenvalue weighted by atomic mass is 9.97. The van der Waals surface area contributed by atoms with Crippen LogP contribution < -0.4 is 14.8 Å². The van der Waals surface area contributed by atoms with Crippen LogP contribution in [0.1, 0.15) is 38.3 Å². The van der Waals surface area contributed by atoms with E-state index >= 15 is 0 Å². The Hall–Kier alpha value is -1.80. The summed E-state index contributed by atoms with van der Waals surface area (Å²) in [7, 11) is -0.110. The summed E-state index contributed by atoms with van der Waals surface area (Å²) in [6.07, 6.45) is 1.37. The predicted molar refractivity (Wildman–Crippen MR) is 99.9 cm³/mol. The van der Waals surface area contributed by atoms with Gasteiger partial charge >= 0.3 is 0 Å². The molecule has 1 fully saturated rings. The Morgan fingerprint density at radius 2 is 2.08 bits per heavy atom. The minimum Gasteiger partial charge on any atom is -0.497 e. The highest BCUT2D eigenvalue weighted by molar-refractivity contribution is 7.89. The molecule has 0 aliphatic carbocycles. The van der Waals surface area contributed by atoms with Gasteiger partial charge in [0.25, 0.3) is 0 Å². The Bertz CT molecular complexity index is 735. The van der Waals surface area contributed by atoms with Gasteiger partial charge in [0.1, 0.15) is 11.5 Å². The van der Waals surface area contributed by atoms with Gasteiger partial charge in [-0.15, -0.1) is 0 Å². The molecule has 1 aromatic rings. The van der Waals surface area contributed by atoms with Crippen LogP contribution in [0.4, 0.5) is 0 Å². The lowest BCUT2D eigenvalue weighted by Crippen LogP contribution is -2.46. The predicted octanol–water partition coefficient (Wildman–Crippen LogP) is 1.94. The van der Waals surface area contributed by atoms with Crippen molar-refractivity contribution in [3.8, 4) is 11.5 Å². The number of carbonyl (C=O) groups is 1. The molecule has 2 rings (SSSR count). The number of nitrogens with one attached hydrogen (secondary N) is 1. The standard InChI is InChI=1S/C18H28N2O5S/c1-5-26(22,23)20-10-6-7-14(12-20)18(21)19-13(2)16-11-15(24-3)8-9-17(16)25-4/h8-9,11,13-14H,5-7,10,12H2,1-4H3,(H,19,21)/t13-,14-/m1/s1. The first kappa shape index (κ1) is 20.5. The van der Waals surface area contributed by atoms with Gasteiger partial charge in [-0.25, -0.2) is 12.7 Å². The topological polar surface area (TPSA) is 84.9 Å². The van der Waals surface area contributed by atoms with E-state index < -0.39 is 10.0 Å². The minimum absolute atomic E-state index is 0.0543. The number of carbonyl (C=O) groups excluding carboxylic acids is 1. The Balaban J connectivity index is 2.09. The quantitative estimate of drug-likeness (QED) is 0.777. The van der Waals surface area contributed by atoms with Crippen molar-refractivity contribution < 1.29 is 22.7 Å². The number of rotatable bonds is 7. The van der Waals surface area contributed by atoms with Crippen LogP contribution in [0.2, 0.25) is 0 Å². The van der Waals surface area contributed by atoms with E-state index in [1.54, 1.807) is 33.3 Å². The van der Waals surface area contributed by atoms with E-state index in [0.29, 0.717) is 30.9 Å². The summed E-state index contributed by atoms with van der Waals surface area (Å²) in [4.78, 5) is 12.7. The van der Waals surface area contributed by atoms with Gasteiger partial charge in [-0.05, 0) is 44.9 Å². The number of sulfonamides is 1. The molecule has 0 aromatic heterocycles.